The van der Waals surface area contributed by atoms with Crippen LogP contribution < -0.4 is 11.1 Å². The van der Waals surface area contributed by atoms with Crippen LogP contribution in [0.3, 0.4) is 0 Å². The van der Waals surface area contributed by atoms with Crippen LogP contribution in [0.2, 0.25) is 0 Å². The highest BCUT2D eigenvalue weighted by Crippen LogP contribution is 2.12. The highest BCUT2D eigenvalue weighted by atomic mass is 16.2. The van der Waals surface area contributed by atoms with Crippen LogP contribution in [0.4, 0.5) is 0 Å². The van der Waals surface area contributed by atoms with Gasteiger partial charge in [-0.2, -0.15) is 0 Å². The van der Waals surface area contributed by atoms with Crippen LogP contribution >= 0.6 is 0 Å². The Morgan fingerprint density at radius 1 is 1.41 bits per heavy atom. The maximum absolute atomic E-state index is 11.9. The number of hydrogen-bond donors (Lipinski definition) is 2. The first-order valence-corrected chi connectivity index (χ1v) is 6.33. The number of rotatable bonds is 4. The van der Waals surface area contributed by atoms with Gasteiger partial charge in [-0.05, 0) is 19.3 Å². The normalized spacial score (nSPS) is 18.9. The lowest BCUT2D eigenvalue weighted by Crippen LogP contribution is -2.47. The predicted octanol–water partition coefficient (Wildman–Crippen LogP) is 0.241. The Labute approximate surface area is 103 Å². The summed E-state index contributed by atoms with van der Waals surface area (Å²) in [6, 6.07) is 0.187. The number of nitrogens with two attached hydrogens (primary N) is 1. The van der Waals surface area contributed by atoms with Crippen molar-refractivity contribution in [2.45, 2.75) is 51.6 Å². The van der Waals surface area contributed by atoms with Gasteiger partial charge in [0.05, 0.1) is 0 Å². The molecule has 3 N–H and O–H groups in total. The zero-order valence-electron chi connectivity index (χ0n) is 10.7. The van der Waals surface area contributed by atoms with Gasteiger partial charge in [0.25, 0.3) is 0 Å². The largest absolute Gasteiger partial charge is 0.353 e. The fraction of sp³-hybridized carbons (Fsp3) is 0.833. The van der Waals surface area contributed by atoms with Gasteiger partial charge in [0.2, 0.25) is 11.8 Å². The summed E-state index contributed by atoms with van der Waals surface area (Å²) in [5, 5.41) is 2.89. The molecule has 1 aliphatic rings. The zero-order chi connectivity index (χ0) is 12.8. The topological polar surface area (TPSA) is 75.4 Å². The number of piperidine rings is 1. The maximum atomic E-state index is 11.9. The molecule has 0 spiro atoms. The van der Waals surface area contributed by atoms with E-state index in [1.54, 1.807) is 0 Å². The van der Waals surface area contributed by atoms with Crippen LogP contribution in [-0.2, 0) is 9.59 Å². The minimum absolute atomic E-state index is 0.00258. The van der Waals surface area contributed by atoms with Gasteiger partial charge in [0.1, 0.15) is 0 Å². The lowest BCUT2D eigenvalue weighted by Gasteiger charge is -2.32. The summed E-state index contributed by atoms with van der Waals surface area (Å²) in [6.45, 7) is 4.96. The summed E-state index contributed by atoms with van der Waals surface area (Å²) in [5.74, 6) is 0.142. The van der Waals surface area contributed by atoms with E-state index in [0.29, 0.717) is 6.42 Å². The maximum Gasteiger partial charge on any atom is 0.224 e. The monoisotopic (exact) mass is 241 g/mol. The standard InChI is InChI=1S/C12H23N3O2/c1-3-10(13)8-12(17)15-6-4-11(5-7-15)14-9(2)16/h10-11H,3-8,13H2,1-2H3,(H,14,16). The van der Waals surface area contributed by atoms with E-state index in [0.717, 1.165) is 32.4 Å². The van der Waals surface area contributed by atoms with Crippen LogP contribution in [0.5, 0.6) is 0 Å². The minimum Gasteiger partial charge on any atom is -0.353 e. The van der Waals surface area contributed by atoms with Gasteiger partial charge in [-0.1, -0.05) is 6.92 Å². The molecule has 0 aromatic carbocycles. The molecule has 2 amide bonds. The molecule has 1 atom stereocenters. The molecule has 1 saturated heterocycles. The molecule has 0 aliphatic carbocycles. The Hall–Kier alpha value is -1.10. The Morgan fingerprint density at radius 3 is 2.47 bits per heavy atom. The van der Waals surface area contributed by atoms with E-state index in [2.05, 4.69) is 5.32 Å². The summed E-state index contributed by atoms with van der Waals surface area (Å²) >= 11 is 0. The molecular formula is C12H23N3O2. The van der Waals surface area contributed by atoms with E-state index in [9.17, 15) is 9.59 Å². The average Bonchev–Trinajstić information content (AvgIpc) is 2.28. The molecule has 0 aromatic rings. The third-order valence-electron chi connectivity index (χ3n) is 3.22. The van der Waals surface area contributed by atoms with Crippen molar-refractivity contribution in [3.63, 3.8) is 0 Å². The smallest absolute Gasteiger partial charge is 0.224 e. The van der Waals surface area contributed by atoms with Crippen LogP contribution in [0.25, 0.3) is 0 Å². The molecule has 1 aliphatic heterocycles. The van der Waals surface area contributed by atoms with Crippen LogP contribution in [0.15, 0.2) is 0 Å². The number of carbonyl (C=O) groups is 2. The fourth-order valence-corrected chi connectivity index (χ4v) is 2.06. The summed E-state index contributed by atoms with van der Waals surface area (Å²) in [6.07, 6.45) is 2.94. The van der Waals surface area contributed by atoms with Crippen LogP contribution in [0.1, 0.15) is 39.5 Å². The summed E-state index contributed by atoms with van der Waals surface area (Å²) in [4.78, 5) is 24.6. The summed E-state index contributed by atoms with van der Waals surface area (Å²) < 4.78 is 0. The third-order valence-corrected chi connectivity index (χ3v) is 3.22. The van der Waals surface area contributed by atoms with Crippen molar-refractivity contribution in [2.75, 3.05) is 13.1 Å². The first-order chi connectivity index (χ1) is 8.02. The Kier molecular flexibility index (Phi) is 5.41. The number of hydrogen-bond acceptors (Lipinski definition) is 3. The molecule has 5 nitrogen and oxygen atoms in total. The number of nitrogens with zero attached hydrogens (tertiary/aromatic N) is 1. The molecule has 0 radical (unpaired) electrons. The van der Waals surface area contributed by atoms with Crippen molar-refractivity contribution in [1.82, 2.24) is 10.2 Å². The zero-order valence-corrected chi connectivity index (χ0v) is 10.7. The molecule has 5 heteroatoms. The highest BCUT2D eigenvalue weighted by Gasteiger charge is 2.23. The van der Waals surface area contributed by atoms with E-state index in [1.807, 2.05) is 11.8 Å². The fourth-order valence-electron chi connectivity index (χ4n) is 2.06. The SMILES string of the molecule is CCC(N)CC(=O)N1CCC(NC(C)=O)CC1. The Bertz CT molecular complexity index is 273. The van der Waals surface area contributed by atoms with Gasteiger partial charge < -0.3 is 16.0 Å². The van der Waals surface area contributed by atoms with Gasteiger partial charge in [-0.15, -0.1) is 0 Å². The molecule has 1 rings (SSSR count). The predicted molar refractivity (Wildman–Crippen MR) is 66.3 cm³/mol. The van der Waals surface area contributed by atoms with Crippen LogP contribution in [-0.4, -0.2) is 41.9 Å². The molecule has 1 unspecified atom stereocenters. The van der Waals surface area contributed by atoms with E-state index >= 15 is 0 Å². The van der Waals surface area contributed by atoms with Crippen molar-refractivity contribution in [1.29, 1.82) is 0 Å². The molecule has 0 bridgehead atoms. The van der Waals surface area contributed by atoms with Crippen molar-refractivity contribution in [2.24, 2.45) is 5.73 Å². The van der Waals surface area contributed by atoms with Gasteiger partial charge in [-0.3, -0.25) is 9.59 Å². The van der Waals surface area contributed by atoms with E-state index in [4.69, 9.17) is 5.73 Å². The first-order valence-electron chi connectivity index (χ1n) is 6.33. The number of nitrogens with one attached hydrogen (secondary N) is 1. The second-order valence-electron chi connectivity index (χ2n) is 4.73. The molecule has 0 saturated carbocycles. The molecule has 1 fully saturated rings. The van der Waals surface area contributed by atoms with Crippen molar-refractivity contribution < 1.29 is 9.59 Å². The van der Waals surface area contributed by atoms with Crippen molar-refractivity contribution in [3.8, 4) is 0 Å². The minimum atomic E-state index is -0.0319. The quantitative estimate of drug-likeness (QED) is 0.740. The Morgan fingerprint density at radius 2 is 2.00 bits per heavy atom. The van der Waals surface area contributed by atoms with Gasteiger partial charge in [0.15, 0.2) is 0 Å². The molecule has 1 heterocycles. The van der Waals surface area contributed by atoms with E-state index in [-0.39, 0.29) is 23.9 Å². The molecular weight excluding hydrogens is 218 g/mol. The van der Waals surface area contributed by atoms with E-state index in [1.165, 1.54) is 6.92 Å². The van der Waals surface area contributed by atoms with Gasteiger partial charge >= 0.3 is 0 Å². The molecule has 0 aromatic heterocycles. The third kappa shape index (κ3) is 4.73. The molecule has 17 heavy (non-hydrogen) atoms. The van der Waals surface area contributed by atoms with Gasteiger partial charge in [-0.25, -0.2) is 0 Å². The first kappa shape index (κ1) is 14.0. The van der Waals surface area contributed by atoms with E-state index < -0.39 is 0 Å². The lowest BCUT2D eigenvalue weighted by atomic mass is 10.0. The van der Waals surface area contributed by atoms with Gasteiger partial charge in [0, 0.05) is 38.5 Å². The average molecular weight is 241 g/mol. The second kappa shape index (κ2) is 6.59. The number of likely N-dealkylation sites (tertiary alicyclic amines) is 1. The lowest BCUT2D eigenvalue weighted by molar-refractivity contribution is -0.132. The second-order valence-corrected chi connectivity index (χ2v) is 4.73. The number of carbonyl (C=O) groups excluding carboxylic acids is 2. The molecule has 98 valence electrons. The number of amides is 2. The highest BCUT2D eigenvalue weighted by molar-refractivity contribution is 5.77. The Balaban J connectivity index is 2.31. The van der Waals surface area contributed by atoms with Crippen molar-refractivity contribution >= 4 is 11.8 Å². The summed E-state index contributed by atoms with van der Waals surface area (Å²) in [5.41, 5.74) is 5.77. The summed E-state index contributed by atoms with van der Waals surface area (Å²) in [7, 11) is 0. The van der Waals surface area contributed by atoms with Crippen molar-refractivity contribution in [3.05, 3.63) is 0 Å². The van der Waals surface area contributed by atoms with Crippen LogP contribution in [0, 0.1) is 0 Å².